The number of pyridine rings is 1. The number of aromatic nitrogens is 1. The summed E-state index contributed by atoms with van der Waals surface area (Å²) in [4.78, 5) is 48.1. The van der Waals surface area contributed by atoms with Crippen LogP contribution >= 0.6 is 0 Å². The summed E-state index contributed by atoms with van der Waals surface area (Å²) < 4.78 is 6.24. The summed E-state index contributed by atoms with van der Waals surface area (Å²) in [5.74, 6) is -0.997. The lowest BCUT2D eigenvalue weighted by Gasteiger charge is -2.29. The van der Waals surface area contributed by atoms with Crippen LogP contribution in [-0.2, 0) is 25.7 Å². The standard InChI is InChI=1S/C22H26N4O4/c1-15(27)24-8-3-9-25(11-10-24)20(28)18-17-5-6-22(30-17)14-26(21(29)19(18)22)13-16-4-2-7-23-12-16/h2,4-7,12,17-19H,3,8-11,13-14H2,1H3/t17-,18+,19+,22-/m0/s1. The Kier molecular flexibility index (Phi) is 4.61. The number of rotatable bonds is 3. The van der Waals surface area contributed by atoms with Gasteiger partial charge in [0, 0.05) is 52.0 Å². The van der Waals surface area contributed by atoms with Crippen LogP contribution in [0.1, 0.15) is 18.9 Å². The van der Waals surface area contributed by atoms with Gasteiger partial charge in [0.05, 0.1) is 24.5 Å². The summed E-state index contributed by atoms with van der Waals surface area (Å²) in [5.41, 5.74) is 0.252. The lowest BCUT2D eigenvalue weighted by atomic mass is 9.76. The van der Waals surface area contributed by atoms with Gasteiger partial charge in [0.25, 0.3) is 0 Å². The highest BCUT2D eigenvalue weighted by atomic mass is 16.5. The van der Waals surface area contributed by atoms with Crippen LogP contribution in [-0.4, -0.2) is 81.8 Å². The van der Waals surface area contributed by atoms with Gasteiger partial charge in [-0.1, -0.05) is 18.2 Å². The van der Waals surface area contributed by atoms with Crippen molar-refractivity contribution in [3.63, 3.8) is 0 Å². The summed E-state index contributed by atoms with van der Waals surface area (Å²) in [6.45, 7) is 4.78. The van der Waals surface area contributed by atoms with E-state index in [0.29, 0.717) is 39.3 Å². The van der Waals surface area contributed by atoms with Crippen molar-refractivity contribution in [2.24, 2.45) is 11.8 Å². The van der Waals surface area contributed by atoms with Gasteiger partial charge in [-0.15, -0.1) is 0 Å². The lowest BCUT2D eigenvalue weighted by molar-refractivity contribution is -0.143. The summed E-state index contributed by atoms with van der Waals surface area (Å²) in [6.07, 6.45) is 7.79. The van der Waals surface area contributed by atoms with Crippen molar-refractivity contribution in [3.05, 3.63) is 42.2 Å². The molecule has 5 heterocycles. The van der Waals surface area contributed by atoms with E-state index < -0.39 is 17.4 Å². The number of amides is 3. The van der Waals surface area contributed by atoms with E-state index in [0.717, 1.165) is 12.0 Å². The zero-order valence-corrected chi connectivity index (χ0v) is 17.1. The van der Waals surface area contributed by atoms with Gasteiger partial charge in [-0.3, -0.25) is 19.4 Å². The Bertz CT molecular complexity index is 904. The average Bonchev–Trinajstić information content (AvgIpc) is 3.28. The molecule has 2 bridgehead atoms. The van der Waals surface area contributed by atoms with Crippen molar-refractivity contribution >= 4 is 17.7 Å². The number of nitrogens with zero attached hydrogens (tertiary/aromatic N) is 4. The van der Waals surface area contributed by atoms with Gasteiger partial charge < -0.3 is 19.4 Å². The molecular formula is C22H26N4O4. The Morgan fingerprint density at radius 3 is 2.80 bits per heavy atom. The molecule has 8 heteroatoms. The van der Waals surface area contributed by atoms with Gasteiger partial charge in [0.2, 0.25) is 17.7 Å². The first kappa shape index (κ1) is 19.2. The first-order valence-electron chi connectivity index (χ1n) is 10.6. The Morgan fingerprint density at radius 1 is 1.23 bits per heavy atom. The molecule has 1 aromatic heterocycles. The SMILES string of the molecule is CC(=O)N1CCCN(C(=O)[C@@H]2[C@@H]3C=C[C@@]4(CN(Cc5cccnc5)C(=O)[C@@H]24)O3)CC1. The van der Waals surface area contributed by atoms with Gasteiger partial charge in [-0.25, -0.2) is 0 Å². The molecule has 4 aliphatic rings. The molecule has 30 heavy (non-hydrogen) atoms. The summed E-state index contributed by atoms with van der Waals surface area (Å²) >= 11 is 0. The van der Waals surface area contributed by atoms with Crippen molar-refractivity contribution in [1.29, 1.82) is 0 Å². The van der Waals surface area contributed by atoms with Crippen molar-refractivity contribution < 1.29 is 19.1 Å². The number of fused-ring (bicyclic) bond motifs is 1. The van der Waals surface area contributed by atoms with Crippen LogP contribution < -0.4 is 0 Å². The van der Waals surface area contributed by atoms with Crippen molar-refractivity contribution in [1.82, 2.24) is 19.7 Å². The molecule has 158 valence electrons. The summed E-state index contributed by atoms with van der Waals surface area (Å²) in [5, 5.41) is 0. The third-order valence-electron chi connectivity index (χ3n) is 6.81. The first-order chi connectivity index (χ1) is 14.5. The monoisotopic (exact) mass is 410 g/mol. The molecule has 0 N–H and O–H groups in total. The van der Waals surface area contributed by atoms with Gasteiger partial charge >= 0.3 is 0 Å². The molecule has 3 saturated heterocycles. The zero-order valence-electron chi connectivity index (χ0n) is 17.1. The highest BCUT2D eigenvalue weighted by molar-refractivity contribution is 5.93. The van der Waals surface area contributed by atoms with Gasteiger partial charge in [0.15, 0.2) is 0 Å². The highest BCUT2D eigenvalue weighted by Crippen LogP contribution is 2.52. The molecule has 0 radical (unpaired) electrons. The fourth-order valence-electron chi connectivity index (χ4n) is 5.37. The zero-order chi connectivity index (χ0) is 20.9. The number of likely N-dealkylation sites (tertiary alicyclic amines) is 1. The Labute approximate surface area is 175 Å². The number of hydrogen-bond donors (Lipinski definition) is 0. The van der Waals surface area contributed by atoms with Crippen LogP contribution in [0.3, 0.4) is 0 Å². The van der Waals surface area contributed by atoms with Crippen molar-refractivity contribution in [2.45, 2.75) is 31.6 Å². The largest absolute Gasteiger partial charge is 0.360 e. The fraction of sp³-hybridized carbons (Fsp3) is 0.545. The highest BCUT2D eigenvalue weighted by Gasteiger charge is 2.67. The minimum absolute atomic E-state index is 0.0239. The molecule has 8 nitrogen and oxygen atoms in total. The molecule has 1 spiro atoms. The van der Waals surface area contributed by atoms with E-state index in [1.807, 2.05) is 29.2 Å². The third-order valence-corrected chi connectivity index (χ3v) is 6.81. The van der Waals surface area contributed by atoms with Crippen molar-refractivity contribution in [2.75, 3.05) is 32.7 Å². The second-order valence-electron chi connectivity index (χ2n) is 8.64. The molecule has 4 atom stereocenters. The average molecular weight is 410 g/mol. The van der Waals surface area contributed by atoms with E-state index in [4.69, 9.17) is 4.74 Å². The second kappa shape index (κ2) is 7.19. The van der Waals surface area contributed by atoms with E-state index in [-0.39, 0.29) is 23.8 Å². The maximum absolute atomic E-state index is 13.5. The quantitative estimate of drug-likeness (QED) is 0.676. The molecule has 3 fully saturated rings. The van der Waals surface area contributed by atoms with E-state index in [2.05, 4.69) is 4.98 Å². The third kappa shape index (κ3) is 3.01. The van der Waals surface area contributed by atoms with E-state index in [1.54, 1.807) is 29.1 Å². The minimum atomic E-state index is -0.707. The van der Waals surface area contributed by atoms with Crippen molar-refractivity contribution in [3.8, 4) is 0 Å². The van der Waals surface area contributed by atoms with Crippen LogP contribution in [0.2, 0.25) is 0 Å². The molecule has 0 saturated carbocycles. The van der Waals surface area contributed by atoms with Crippen LogP contribution in [0.15, 0.2) is 36.7 Å². The summed E-state index contributed by atoms with van der Waals surface area (Å²) in [6, 6.07) is 3.80. The molecule has 1 aromatic rings. The Hall–Kier alpha value is -2.74. The maximum atomic E-state index is 13.5. The van der Waals surface area contributed by atoms with E-state index >= 15 is 0 Å². The van der Waals surface area contributed by atoms with E-state index in [1.165, 1.54) is 0 Å². The predicted octanol–water partition coefficient (Wildman–Crippen LogP) is 0.444. The van der Waals surface area contributed by atoms with E-state index in [9.17, 15) is 14.4 Å². The van der Waals surface area contributed by atoms with Crippen LogP contribution in [0.25, 0.3) is 0 Å². The maximum Gasteiger partial charge on any atom is 0.230 e. The lowest BCUT2D eigenvalue weighted by Crippen LogP contribution is -2.47. The molecule has 0 aliphatic carbocycles. The molecule has 0 aromatic carbocycles. The second-order valence-corrected chi connectivity index (χ2v) is 8.64. The van der Waals surface area contributed by atoms with Crippen LogP contribution in [0.5, 0.6) is 0 Å². The molecule has 0 unspecified atom stereocenters. The molecular weight excluding hydrogens is 384 g/mol. The summed E-state index contributed by atoms with van der Waals surface area (Å²) in [7, 11) is 0. The Balaban J connectivity index is 1.34. The number of hydrogen-bond acceptors (Lipinski definition) is 5. The van der Waals surface area contributed by atoms with Crippen LogP contribution in [0.4, 0.5) is 0 Å². The van der Waals surface area contributed by atoms with Gasteiger partial charge in [-0.2, -0.15) is 0 Å². The topological polar surface area (TPSA) is 83.1 Å². The normalized spacial score (nSPS) is 32.5. The number of carbonyl (C=O) groups excluding carboxylic acids is 3. The minimum Gasteiger partial charge on any atom is -0.360 e. The molecule has 5 rings (SSSR count). The van der Waals surface area contributed by atoms with Crippen LogP contribution in [0, 0.1) is 11.8 Å². The molecule has 4 aliphatic heterocycles. The Morgan fingerprint density at radius 2 is 2.03 bits per heavy atom. The smallest absolute Gasteiger partial charge is 0.230 e. The number of ether oxygens (including phenoxy) is 1. The molecule has 3 amide bonds. The van der Waals surface area contributed by atoms with Gasteiger partial charge in [0.1, 0.15) is 5.60 Å². The fourth-order valence-corrected chi connectivity index (χ4v) is 5.37. The predicted molar refractivity (Wildman–Crippen MR) is 107 cm³/mol. The van der Waals surface area contributed by atoms with Gasteiger partial charge in [-0.05, 0) is 18.1 Å². The number of carbonyl (C=O) groups is 3. The first-order valence-corrected chi connectivity index (χ1v) is 10.6.